The van der Waals surface area contributed by atoms with Crippen LogP contribution in [0.5, 0.6) is 0 Å². The summed E-state index contributed by atoms with van der Waals surface area (Å²) in [6, 6.07) is 9.80. The van der Waals surface area contributed by atoms with Crippen LogP contribution < -0.4 is 5.73 Å². The number of hydrogen-bond donors (Lipinski definition) is 1. The Balaban J connectivity index is 1.75. The zero-order chi connectivity index (χ0) is 18.3. The molecule has 0 atom stereocenters. The van der Waals surface area contributed by atoms with Gasteiger partial charge < -0.3 is 10.2 Å². The van der Waals surface area contributed by atoms with E-state index >= 15 is 0 Å². The van der Waals surface area contributed by atoms with Gasteiger partial charge in [-0.15, -0.1) is 5.10 Å². The van der Waals surface area contributed by atoms with Crippen LogP contribution in [0.1, 0.15) is 11.3 Å². The predicted molar refractivity (Wildman–Crippen MR) is 92.2 cm³/mol. The van der Waals surface area contributed by atoms with Gasteiger partial charge in [0.15, 0.2) is 16.9 Å². The highest BCUT2D eigenvalue weighted by molar-refractivity contribution is 5.86. The number of furan rings is 1. The van der Waals surface area contributed by atoms with Crippen LogP contribution >= 0.6 is 0 Å². The fourth-order valence-corrected chi connectivity index (χ4v) is 2.61. The van der Waals surface area contributed by atoms with Gasteiger partial charge in [-0.25, -0.2) is 9.67 Å². The Labute approximate surface area is 146 Å². The molecule has 4 rings (SSSR count). The Morgan fingerprint density at radius 1 is 1.19 bits per heavy atom. The second-order valence-electron chi connectivity index (χ2n) is 5.68. The molecule has 10 heteroatoms. The first kappa shape index (κ1) is 15.7. The number of nitrogen functional groups attached to an aromatic ring is 1. The number of rotatable bonds is 4. The lowest BCUT2D eigenvalue weighted by Crippen LogP contribution is -2.05. The van der Waals surface area contributed by atoms with Crippen LogP contribution in [0.25, 0.3) is 22.6 Å². The van der Waals surface area contributed by atoms with Crippen molar-refractivity contribution in [3.8, 4) is 11.5 Å². The van der Waals surface area contributed by atoms with E-state index in [1.807, 2.05) is 13.0 Å². The van der Waals surface area contributed by atoms with Crippen LogP contribution in [0.15, 0.2) is 40.8 Å². The Morgan fingerprint density at radius 3 is 2.62 bits per heavy atom. The number of anilines is 1. The smallest absolute Gasteiger partial charge is 0.269 e. The van der Waals surface area contributed by atoms with Gasteiger partial charge in [-0.3, -0.25) is 10.1 Å². The van der Waals surface area contributed by atoms with Crippen LogP contribution in [-0.4, -0.2) is 29.9 Å². The third-order valence-electron chi connectivity index (χ3n) is 3.83. The molecule has 4 aromatic rings. The molecule has 0 bridgehead atoms. The normalized spacial score (nSPS) is 11.1. The number of non-ortho nitro benzene ring substituents is 1. The maximum atomic E-state index is 10.8. The van der Waals surface area contributed by atoms with Crippen LogP contribution in [0, 0.1) is 17.0 Å². The summed E-state index contributed by atoms with van der Waals surface area (Å²) in [5.41, 5.74) is 8.07. The molecule has 0 fully saturated rings. The van der Waals surface area contributed by atoms with Crippen LogP contribution in [0.3, 0.4) is 0 Å². The van der Waals surface area contributed by atoms with Crippen molar-refractivity contribution in [3.63, 3.8) is 0 Å². The molecule has 10 nitrogen and oxygen atoms in total. The van der Waals surface area contributed by atoms with Gasteiger partial charge in [-0.05, 0) is 24.6 Å². The summed E-state index contributed by atoms with van der Waals surface area (Å²) in [6.07, 6.45) is 0. The molecular formula is C16H13N7O3. The lowest BCUT2D eigenvalue weighted by atomic mass is 10.2. The molecule has 0 amide bonds. The fraction of sp³-hybridized carbons (Fsp3) is 0.125. The van der Waals surface area contributed by atoms with Gasteiger partial charge >= 0.3 is 0 Å². The summed E-state index contributed by atoms with van der Waals surface area (Å²) in [5, 5.41) is 19.0. The molecular weight excluding hydrogens is 338 g/mol. The molecule has 0 aliphatic carbocycles. The van der Waals surface area contributed by atoms with E-state index in [-0.39, 0.29) is 11.6 Å². The van der Waals surface area contributed by atoms with Crippen LogP contribution in [-0.2, 0) is 6.54 Å². The number of aromatic nitrogens is 5. The maximum absolute atomic E-state index is 10.8. The number of fused-ring (bicyclic) bond motifs is 1. The van der Waals surface area contributed by atoms with Crippen molar-refractivity contribution in [1.29, 1.82) is 0 Å². The number of nitro groups is 1. The predicted octanol–water partition coefficient (Wildman–Crippen LogP) is 2.33. The van der Waals surface area contributed by atoms with Gasteiger partial charge in [0.2, 0.25) is 5.95 Å². The number of benzene rings is 1. The van der Waals surface area contributed by atoms with E-state index in [1.54, 1.807) is 22.9 Å². The molecule has 0 radical (unpaired) electrons. The molecule has 3 aromatic heterocycles. The molecule has 0 saturated heterocycles. The first-order valence-corrected chi connectivity index (χ1v) is 7.68. The first-order valence-electron chi connectivity index (χ1n) is 7.68. The van der Waals surface area contributed by atoms with Gasteiger partial charge in [0.05, 0.1) is 11.5 Å². The van der Waals surface area contributed by atoms with E-state index in [0.29, 0.717) is 29.2 Å². The molecule has 2 N–H and O–H groups in total. The summed E-state index contributed by atoms with van der Waals surface area (Å²) in [4.78, 5) is 18.8. The van der Waals surface area contributed by atoms with Gasteiger partial charge in [0.1, 0.15) is 11.5 Å². The highest BCUT2D eigenvalue weighted by atomic mass is 16.6. The monoisotopic (exact) mass is 351 g/mol. The van der Waals surface area contributed by atoms with Crippen molar-refractivity contribution in [2.75, 3.05) is 5.73 Å². The van der Waals surface area contributed by atoms with Crippen molar-refractivity contribution in [3.05, 3.63) is 57.8 Å². The van der Waals surface area contributed by atoms with Crippen molar-refractivity contribution < 1.29 is 9.34 Å². The molecule has 26 heavy (non-hydrogen) atoms. The Kier molecular flexibility index (Phi) is 3.57. The molecule has 0 unspecified atom stereocenters. The minimum Gasteiger partial charge on any atom is -0.460 e. The standard InChI is InChI=1S/C16H13N7O3/c1-9-2-7-12(26-9)13-14-15(19-16(17)18-13)22(21-20-14)8-10-3-5-11(6-4-10)23(24)25/h2-7H,8H2,1H3,(H2,17,18,19). The molecule has 0 aliphatic rings. The van der Waals surface area contributed by atoms with Crippen molar-refractivity contribution in [2.45, 2.75) is 13.5 Å². The van der Waals surface area contributed by atoms with Crippen molar-refractivity contribution in [2.24, 2.45) is 0 Å². The second kappa shape index (κ2) is 5.92. The lowest BCUT2D eigenvalue weighted by Gasteiger charge is -2.03. The summed E-state index contributed by atoms with van der Waals surface area (Å²) in [7, 11) is 0. The quantitative estimate of drug-likeness (QED) is 0.436. The summed E-state index contributed by atoms with van der Waals surface area (Å²) < 4.78 is 7.17. The number of aryl methyl sites for hydroxylation is 1. The number of nitro benzene ring substituents is 1. The highest BCUT2D eigenvalue weighted by Gasteiger charge is 2.18. The maximum Gasteiger partial charge on any atom is 0.269 e. The SMILES string of the molecule is Cc1ccc(-c2nc(N)nc3c2nnn3Cc2ccc([N+](=O)[O-])cc2)o1. The molecule has 0 saturated carbocycles. The van der Waals surface area contributed by atoms with Gasteiger partial charge in [-0.1, -0.05) is 17.3 Å². The molecule has 3 heterocycles. The minimum absolute atomic E-state index is 0.0271. The van der Waals surface area contributed by atoms with Gasteiger partial charge in [0, 0.05) is 12.1 Å². The topological polar surface area (TPSA) is 139 Å². The third-order valence-corrected chi connectivity index (χ3v) is 3.83. The largest absolute Gasteiger partial charge is 0.460 e. The zero-order valence-corrected chi connectivity index (χ0v) is 13.7. The fourth-order valence-electron chi connectivity index (χ4n) is 2.61. The number of nitrogens with two attached hydrogens (primary N) is 1. The first-order chi connectivity index (χ1) is 12.5. The Hall–Kier alpha value is -3.82. The van der Waals surface area contributed by atoms with E-state index < -0.39 is 4.92 Å². The van der Waals surface area contributed by atoms with Gasteiger partial charge in [-0.2, -0.15) is 4.98 Å². The van der Waals surface area contributed by atoms with E-state index in [4.69, 9.17) is 10.2 Å². The van der Waals surface area contributed by atoms with Crippen LogP contribution in [0.4, 0.5) is 11.6 Å². The third kappa shape index (κ3) is 2.73. The van der Waals surface area contributed by atoms with E-state index in [9.17, 15) is 10.1 Å². The van der Waals surface area contributed by atoms with Crippen LogP contribution in [0.2, 0.25) is 0 Å². The molecule has 0 aliphatic heterocycles. The number of nitrogens with zero attached hydrogens (tertiary/aromatic N) is 6. The molecule has 0 spiro atoms. The van der Waals surface area contributed by atoms with E-state index in [1.165, 1.54) is 12.1 Å². The average molecular weight is 351 g/mol. The Bertz CT molecular complexity index is 1110. The molecule has 1 aromatic carbocycles. The highest BCUT2D eigenvalue weighted by Crippen LogP contribution is 2.27. The summed E-state index contributed by atoms with van der Waals surface area (Å²) in [6.45, 7) is 2.16. The summed E-state index contributed by atoms with van der Waals surface area (Å²) >= 11 is 0. The summed E-state index contributed by atoms with van der Waals surface area (Å²) in [5.74, 6) is 1.35. The minimum atomic E-state index is -0.444. The van der Waals surface area contributed by atoms with Crippen molar-refractivity contribution in [1.82, 2.24) is 25.0 Å². The lowest BCUT2D eigenvalue weighted by molar-refractivity contribution is -0.384. The van der Waals surface area contributed by atoms with Gasteiger partial charge in [0.25, 0.3) is 5.69 Å². The van der Waals surface area contributed by atoms with E-state index in [0.717, 1.165) is 11.3 Å². The zero-order valence-electron chi connectivity index (χ0n) is 13.7. The Morgan fingerprint density at radius 2 is 1.96 bits per heavy atom. The average Bonchev–Trinajstić information content (AvgIpc) is 3.21. The molecule has 130 valence electrons. The van der Waals surface area contributed by atoms with E-state index in [2.05, 4.69) is 20.3 Å². The van der Waals surface area contributed by atoms with Crippen molar-refractivity contribution >= 4 is 22.8 Å². The second-order valence-corrected chi connectivity index (χ2v) is 5.68. The number of hydrogen-bond acceptors (Lipinski definition) is 8.